The molecule has 0 fully saturated rings. The largest absolute Gasteiger partial charge is 0.302 e. The first-order valence-electron chi connectivity index (χ1n) is 6.00. The number of benzene rings is 1. The Hall–Kier alpha value is -1.33. The maximum absolute atomic E-state index is 8.80. The van der Waals surface area contributed by atoms with Gasteiger partial charge in [0, 0.05) is 6.04 Å². The van der Waals surface area contributed by atoms with Crippen molar-refractivity contribution in [2.75, 3.05) is 14.1 Å². The minimum atomic E-state index is 0.294. The fourth-order valence-electron chi connectivity index (χ4n) is 1.96. The Morgan fingerprint density at radius 1 is 1.18 bits per heavy atom. The predicted molar refractivity (Wildman–Crippen MR) is 71.7 cm³/mol. The fraction of sp³-hybridized carbons (Fsp3) is 0.533. The van der Waals surface area contributed by atoms with E-state index in [-0.39, 0.29) is 0 Å². The highest BCUT2D eigenvalue weighted by atomic mass is 15.1. The number of hydrogen-bond acceptors (Lipinski definition) is 2. The molecule has 0 aliphatic heterocycles. The third-order valence-electron chi connectivity index (χ3n) is 2.85. The molecule has 0 radical (unpaired) electrons. The smallest absolute Gasteiger partial charge is 0.0991 e. The minimum absolute atomic E-state index is 0.294. The van der Waals surface area contributed by atoms with E-state index in [0.717, 1.165) is 12.0 Å². The second kappa shape index (κ2) is 5.33. The molecule has 0 aliphatic carbocycles. The number of nitriles is 1. The van der Waals surface area contributed by atoms with Crippen LogP contribution in [-0.2, 0) is 0 Å². The third kappa shape index (κ3) is 4.20. The van der Waals surface area contributed by atoms with E-state index in [0.29, 0.717) is 11.5 Å². The summed E-state index contributed by atoms with van der Waals surface area (Å²) in [4.78, 5) is 2.24. The van der Waals surface area contributed by atoms with Gasteiger partial charge in [0.1, 0.15) is 0 Å². The summed E-state index contributed by atoms with van der Waals surface area (Å²) in [5.41, 5.74) is 2.30. The molecule has 0 heterocycles. The Balaban J connectivity index is 2.94. The van der Waals surface area contributed by atoms with E-state index < -0.39 is 0 Å². The predicted octanol–water partition coefficient (Wildman–Crippen LogP) is 3.60. The van der Waals surface area contributed by atoms with Crippen molar-refractivity contribution in [1.29, 1.82) is 5.26 Å². The molecule has 1 aromatic rings. The van der Waals surface area contributed by atoms with Crippen LogP contribution in [0.15, 0.2) is 24.3 Å². The topological polar surface area (TPSA) is 27.0 Å². The molecule has 92 valence electrons. The average Bonchev–Trinajstić information content (AvgIpc) is 2.25. The second-order valence-corrected chi connectivity index (χ2v) is 5.98. The van der Waals surface area contributed by atoms with Gasteiger partial charge in [0.05, 0.1) is 11.6 Å². The van der Waals surface area contributed by atoms with E-state index in [4.69, 9.17) is 5.26 Å². The summed E-state index contributed by atoms with van der Waals surface area (Å²) in [6, 6.07) is 10.5. The molecule has 2 nitrogen and oxygen atoms in total. The van der Waals surface area contributed by atoms with Gasteiger partial charge in [-0.3, -0.25) is 0 Å². The molecule has 0 saturated carbocycles. The van der Waals surface area contributed by atoms with Gasteiger partial charge in [0.2, 0.25) is 0 Å². The van der Waals surface area contributed by atoms with E-state index in [2.05, 4.69) is 58.0 Å². The van der Waals surface area contributed by atoms with Crippen molar-refractivity contribution in [2.45, 2.75) is 33.2 Å². The van der Waals surface area contributed by atoms with Crippen LogP contribution in [0.5, 0.6) is 0 Å². The summed E-state index contributed by atoms with van der Waals surface area (Å²) in [6.07, 6.45) is 1.10. The molecule has 0 amide bonds. The Morgan fingerprint density at radius 2 is 1.71 bits per heavy atom. The van der Waals surface area contributed by atoms with Crippen molar-refractivity contribution in [3.63, 3.8) is 0 Å². The lowest BCUT2D eigenvalue weighted by atomic mass is 9.85. The van der Waals surface area contributed by atoms with Crippen LogP contribution in [-0.4, -0.2) is 19.0 Å². The van der Waals surface area contributed by atoms with Crippen LogP contribution in [0.3, 0.4) is 0 Å². The Kier molecular flexibility index (Phi) is 4.31. The summed E-state index contributed by atoms with van der Waals surface area (Å²) in [7, 11) is 4.21. The summed E-state index contributed by atoms with van der Waals surface area (Å²) in [5.74, 6) is 0. The molecule has 17 heavy (non-hydrogen) atoms. The van der Waals surface area contributed by atoms with E-state index >= 15 is 0 Å². The van der Waals surface area contributed by atoms with Crippen LogP contribution in [0.1, 0.15) is 44.4 Å². The molecule has 0 N–H and O–H groups in total. The number of nitrogens with zero attached hydrogens (tertiary/aromatic N) is 2. The van der Waals surface area contributed by atoms with Crippen LogP contribution in [0, 0.1) is 16.7 Å². The summed E-state index contributed by atoms with van der Waals surface area (Å²) >= 11 is 0. The van der Waals surface area contributed by atoms with Crippen LogP contribution < -0.4 is 0 Å². The lowest BCUT2D eigenvalue weighted by Crippen LogP contribution is -2.24. The summed E-state index contributed by atoms with van der Waals surface area (Å²) in [5, 5.41) is 8.80. The van der Waals surface area contributed by atoms with Gasteiger partial charge in [-0.25, -0.2) is 0 Å². The summed E-state index contributed by atoms with van der Waals surface area (Å²) in [6.45, 7) is 6.77. The molecular formula is C15H22N2. The molecule has 0 spiro atoms. The van der Waals surface area contributed by atoms with Gasteiger partial charge in [0.25, 0.3) is 0 Å². The first-order valence-corrected chi connectivity index (χ1v) is 6.00. The minimum Gasteiger partial charge on any atom is -0.302 e. The van der Waals surface area contributed by atoms with E-state index in [9.17, 15) is 0 Å². The second-order valence-electron chi connectivity index (χ2n) is 5.98. The van der Waals surface area contributed by atoms with Gasteiger partial charge >= 0.3 is 0 Å². The molecule has 0 saturated heterocycles. The Labute approximate surface area is 105 Å². The SMILES string of the molecule is CN(C)C(CC(C)(C)C)c1ccc(C#N)cc1. The molecule has 1 unspecified atom stereocenters. The van der Waals surface area contributed by atoms with Gasteiger partial charge in [-0.2, -0.15) is 5.26 Å². The maximum Gasteiger partial charge on any atom is 0.0991 e. The van der Waals surface area contributed by atoms with Crippen molar-refractivity contribution < 1.29 is 0 Å². The quantitative estimate of drug-likeness (QED) is 0.793. The van der Waals surface area contributed by atoms with Crippen LogP contribution in [0.25, 0.3) is 0 Å². The average molecular weight is 230 g/mol. The van der Waals surface area contributed by atoms with Gasteiger partial charge in [-0.1, -0.05) is 32.9 Å². The molecule has 0 bridgehead atoms. The lowest BCUT2D eigenvalue weighted by Gasteiger charge is -2.31. The van der Waals surface area contributed by atoms with Gasteiger partial charge in [-0.15, -0.1) is 0 Å². The van der Waals surface area contributed by atoms with E-state index in [1.54, 1.807) is 0 Å². The molecule has 0 aromatic heterocycles. The third-order valence-corrected chi connectivity index (χ3v) is 2.85. The molecule has 1 rings (SSSR count). The summed E-state index contributed by atoms with van der Waals surface area (Å²) < 4.78 is 0. The lowest BCUT2D eigenvalue weighted by molar-refractivity contribution is 0.211. The Bertz CT molecular complexity index is 390. The zero-order valence-electron chi connectivity index (χ0n) is 11.5. The van der Waals surface area contributed by atoms with Gasteiger partial charge in [-0.05, 0) is 43.6 Å². The molecule has 2 heteroatoms. The van der Waals surface area contributed by atoms with Crippen molar-refractivity contribution in [1.82, 2.24) is 4.90 Å². The fourth-order valence-corrected chi connectivity index (χ4v) is 1.96. The van der Waals surface area contributed by atoms with Crippen molar-refractivity contribution in [3.8, 4) is 6.07 Å². The normalized spacial score (nSPS) is 13.5. The van der Waals surface area contributed by atoms with Crippen LogP contribution in [0.4, 0.5) is 0 Å². The van der Waals surface area contributed by atoms with Crippen molar-refractivity contribution >= 4 is 0 Å². The highest BCUT2D eigenvalue weighted by Crippen LogP contribution is 2.32. The van der Waals surface area contributed by atoms with Gasteiger partial charge < -0.3 is 4.90 Å². The van der Waals surface area contributed by atoms with Crippen molar-refractivity contribution in [3.05, 3.63) is 35.4 Å². The molecular weight excluding hydrogens is 208 g/mol. The highest BCUT2D eigenvalue weighted by molar-refractivity contribution is 5.32. The highest BCUT2D eigenvalue weighted by Gasteiger charge is 2.21. The molecule has 1 aromatic carbocycles. The first kappa shape index (κ1) is 13.7. The van der Waals surface area contributed by atoms with E-state index in [1.165, 1.54) is 5.56 Å². The van der Waals surface area contributed by atoms with Crippen molar-refractivity contribution in [2.24, 2.45) is 5.41 Å². The van der Waals surface area contributed by atoms with Crippen LogP contribution >= 0.6 is 0 Å². The molecule has 1 atom stereocenters. The molecule has 0 aliphatic rings. The zero-order chi connectivity index (χ0) is 13.1. The number of rotatable bonds is 3. The number of hydrogen-bond donors (Lipinski definition) is 0. The van der Waals surface area contributed by atoms with E-state index in [1.807, 2.05) is 12.1 Å². The zero-order valence-corrected chi connectivity index (χ0v) is 11.5. The Morgan fingerprint density at radius 3 is 2.06 bits per heavy atom. The standard InChI is InChI=1S/C15H22N2/c1-15(2,3)10-14(17(4)5)13-8-6-12(11-16)7-9-13/h6-9,14H,10H2,1-5H3. The monoisotopic (exact) mass is 230 g/mol. The van der Waals surface area contributed by atoms with Crippen LogP contribution in [0.2, 0.25) is 0 Å². The van der Waals surface area contributed by atoms with Gasteiger partial charge in [0.15, 0.2) is 0 Å². The maximum atomic E-state index is 8.80. The first-order chi connectivity index (χ1) is 7.83.